The Balaban J connectivity index is 0.916. The Morgan fingerprint density at radius 3 is 2.57 bits per heavy atom. The SMILES string of the molecule is CCOc1ccc(-c2n[nH]c3ccc(NC(=O)[C@@H]4CCN(CC(=O)N5CC=C(c6ccc(-c7ncn(C)n7)cc6)CC5)C4)cc23)cn1. The predicted molar refractivity (Wildman–Crippen MR) is 179 cm³/mol. The molecule has 2 N–H and O–H groups in total. The Labute approximate surface area is 272 Å². The molecule has 5 aromatic rings. The minimum atomic E-state index is -0.185. The average molecular weight is 632 g/mol. The molecule has 12 heteroatoms. The number of aryl methyl sites for hydroxylation is 1. The zero-order chi connectivity index (χ0) is 32.3. The molecule has 7 rings (SSSR count). The van der Waals surface area contributed by atoms with Crippen molar-refractivity contribution in [2.24, 2.45) is 13.0 Å². The summed E-state index contributed by atoms with van der Waals surface area (Å²) >= 11 is 0. The van der Waals surface area contributed by atoms with E-state index in [0.717, 1.165) is 39.7 Å². The molecule has 0 spiro atoms. The number of carbonyl (C=O) groups is 2. The molecule has 3 aromatic heterocycles. The van der Waals surface area contributed by atoms with Gasteiger partial charge in [0.2, 0.25) is 17.7 Å². The van der Waals surface area contributed by atoms with E-state index in [1.165, 1.54) is 5.57 Å². The van der Waals surface area contributed by atoms with Gasteiger partial charge in [-0.15, -0.1) is 0 Å². The smallest absolute Gasteiger partial charge is 0.237 e. The molecule has 2 aromatic carbocycles. The van der Waals surface area contributed by atoms with Crippen molar-refractivity contribution in [3.8, 4) is 28.5 Å². The van der Waals surface area contributed by atoms with E-state index in [0.29, 0.717) is 63.1 Å². The van der Waals surface area contributed by atoms with E-state index in [2.05, 4.69) is 53.7 Å². The predicted octanol–water partition coefficient (Wildman–Crippen LogP) is 4.40. The number of aromatic nitrogens is 6. The lowest BCUT2D eigenvalue weighted by molar-refractivity contribution is -0.132. The van der Waals surface area contributed by atoms with Gasteiger partial charge in [0.25, 0.3) is 0 Å². The lowest BCUT2D eigenvalue weighted by Crippen LogP contribution is -2.41. The number of rotatable bonds is 9. The lowest BCUT2D eigenvalue weighted by Gasteiger charge is -2.28. The number of likely N-dealkylation sites (tertiary alicyclic amines) is 1. The summed E-state index contributed by atoms with van der Waals surface area (Å²) in [4.78, 5) is 39.1. The van der Waals surface area contributed by atoms with E-state index in [1.807, 2.05) is 61.3 Å². The normalized spacial score (nSPS) is 16.8. The fourth-order valence-electron chi connectivity index (χ4n) is 6.25. The van der Waals surface area contributed by atoms with Crippen molar-refractivity contribution in [3.05, 3.63) is 78.8 Å². The number of amides is 2. The van der Waals surface area contributed by atoms with Gasteiger partial charge >= 0.3 is 0 Å². The number of H-pyrrole nitrogens is 1. The topological polar surface area (TPSA) is 134 Å². The second-order valence-electron chi connectivity index (χ2n) is 12.0. The van der Waals surface area contributed by atoms with Gasteiger partial charge in [-0.05, 0) is 61.7 Å². The monoisotopic (exact) mass is 631 g/mol. The third kappa shape index (κ3) is 6.63. The Morgan fingerprint density at radius 2 is 1.85 bits per heavy atom. The highest BCUT2D eigenvalue weighted by Crippen LogP contribution is 2.30. The van der Waals surface area contributed by atoms with E-state index in [1.54, 1.807) is 17.2 Å². The van der Waals surface area contributed by atoms with Crippen LogP contribution in [0, 0.1) is 5.92 Å². The van der Waals surface area contributed by atoms with Crippen molar-refractivity contribution in [2.75, 3.05) is 44.6 Å². The van der Waals surface area contributed by atoms with Crippen LogP contribution >= 0.6 is 0 Å². The molecule has 2 aliphatic rings. The molecule has 1 fully saturated rings. The number of benzene rings is 2. The number of hydrogen-bond acceptors (Lipinski definition) is 8. The molecule has 0 aliphatic carbocycles. The number of nitrogens with zero attached hydrogens (tertiary/aromatic N) is 7. The summed E-state index contributed by atoms with van der Waals surface area (Å²) < 4.78 is 7.15. The highest BCUT2D eigenvalue weighted by Gasteiger charge is 2.31. The van der Waals surface area contributed by atoms with Crippen LogP contribution in [0.25, 0.3) is 39.1 Å². The summed E-state index contributed by atoms with van der Waals surface area (Å²) in [7, 11) is 1.85. The summed E-state index contributed by atoms with van der Waals surface area (Å²) in [5, 5.41) is 15.9. The number of hydrogen-bond donors (Lipinski definition) is 2. The Kier molecular flexibility index (Phi) is 8.49. The lowest BCUT2D eigenvalue weighted by atomic mass is 9.98. The average Bonchev–Trinajstić information content (AvgIpc) is 3.86. The fourth-order valence-corrected chi connectivity index (χ4v) is 6.25. The molecule has 12 nitrogen and oxygen atoms in total. The first-order chi connectivity index (χ1) is 22.9. The third-order valence-electron chi connectivity index (χ3n) is 8.81. The minimum absolute atomic E-state index is 0.0394. The zero-order valence-electron chi connectivity index (χ0n) is 26.5. The number of anilines is 1. The minimum Gasteiger partial charge on any atom is -0.478 e. The molecule has 2 aliphatic heterocycles. The van der Waals surface area contributed by atoms with Crippen LogP contribution in [0.3, 0.4) is 0 Å². The van der Waals surface area contributed by atoms with Crippen LogP contribution in [0.15, 0.2) is 73.2 Å². The van der Waals surface area contributed by atoms with Crippen molar-refractivity contribution >= 4 is 34.0 Å². The van der Waals surface area contributed by atoms with Gasteiger partial charge in [0.1, 0.15) is 12.0 Å². The highest BCUT2D eigenvalue weighted by molar-refractivity contribution is 5.99. The Hall–Kier alpha value is -5.36. The van der Waals surface area contributed by atoms with Crippen LogP contribution < -0.4 is 10.1 Å². The van der Waals surface area contributed by atoms with E-state index >= 15 is 0 Å². The number of ether oxygens (including phenoxy) is 1. The summed E-state index contributed by atoms with van der Waals surface area (Å²) in [5.74, 6) is 1.14. The second kappa shape index (κ2) is 13.2. The fraction of sp³-hybridized carbons (Fsp3) is 0.314. The van der Waals surface area contributed by atoms with E-state index in [9.17, 15) is 9.59 Å². The van der Waals surface area contributed by atoms with Crippen molar-refractivity contribution < 1.29 is 14.3 Å². The largest absolute Gasteiger partial charge is 0.478 e. The quantitative estimate of drug-likeness (QED) is 0.245. The molecule has 0 bridgehead atoms. The first kappa shape index (κ1) is 30.3. The molecule has 0 radical (unpaired) electrons. The third-order valence-corrected chi connectivity index (χ3v) is 8.81. The number of carbonyl (C=O) groups excluding carboxylic acids is 2. The number of fused-ring (bicyclic) bond motifs is 1. The Bertz CT molecular complexity index is 1930. The van der Waals surface area contributed by atoms with Gasteiger partial charge in [-0.2, -0.15) is 10.2 Å². The zero-order valence-corrected chi connectivity index (χ0v) is 26.5. The van der Waals surface area contributed by atoms with Crippen LogP contribution in [-0.4, -0.2) is 90.9 Å². The molecular formula is C35H37N9O3. The summed E-state index contributed by atoms with van der Waals surface area (Å²) in [6, 6.07) is 17.7. The maximum atomic E-state index is 13.3. The maximum absolute atomic E-state index is 13.3. The molecule has 240 valence electrons. The first-order valence-electron chi connectivity index (χ1n) is 16.0. The number of aromatic amines is 1. The molecular weight excluding hydrogens is 594 g/mol. The van der Waals surface area contributed by atoms with Crippen LogP contribution in [0.5, 0.6) is 5.88 Å². The molecule has 0 unspecified atom stereocenters. The summed E-state index contributed by atoms with van der Waals surface area (Å²) in [6.45, 7) is 5.32. The van der Waals surface area contributed by atoms with Gasteiger partial charge in [0.05, 0.1) is 24.6 Å². The van der Waals surface area contributed by atoms with Crippen molar-refractivity contribution in [2.45, 2.75) is 19.8 Å². The number of pyridine rings is 1. The molecule has 1 atom stereocenters. The van der Waals surface area contributed by atoms with Gasteiger partial charge in [0, 0.05) is 61.1 Å². The second-order valence-corrected chi connectivity index (χ2v) is 12.0. The van der Waals surface area contributed by atoms with Gasteiger partial charge in [-0.1, -0.05) is 30.3 Å². The molecule has 0 saturated carbocycles. The standard InChI is InChI=1S/C35H37N9O3/c1-3-47-31-11-8-26(19-36-31)33-29-18-28(9-10-30(29)39-40-33)38-35(46)27-12-15-43(20-27)21-32(45)44-16-13-24(14-17-44)23-4-6-25(7-5-23)34-37-22-42(2)41-34/h4-11,13,18-19,22,27H,3,12,14-17,20-21H2,1-2H3,(H,38,46)(H,39,40)/t27-/m1/s1. The Morgan fingerprint density at radius 1 is 1.02 bits per heavy atom. The van der Waals surface area contributed by atoms with Crippen molar-refractivity contribution in [1.29, 1.82) is 0 Å². The summed E-state index contributed by atoms with van der Waals surface area (Å²) in [6.07, 6.45) is 7.09. The molecule has 2 amide bonds. The van der Waals surface area contributed by atoms with Crippen LogP contribution in [-0.2, 0) is 16.6 Å². The highest BCUT2D eigenvalue weighted by atomic mass is 16.5. The van der Waals surface area contributed by atoms with Gasteiger partial charge in [-0.3, -0.25) is 24.3 Å². The van der Waals surface area contributed by atoms with E-state index in [4.69, 9.17) is 4.74 Å². The van der Waals surface area contributed by atoms with Crippen LogP contribution in [0.2, 0.25) is 0 Å². The maximum Gasteiger partial charge on any atom is 0.237 e. The molecule has 1 saturated heterocycles. The number of nitrogens with one attached hydrogen (secondary N) is 2. The summed E-state index contributed by atoms with van der Waals surface area (Å²) in [5.41, 5.74) is 6.56. The van der Waals surface area contributed by atoms with Crippen molar-refractivity contribution in [3.63, 3.8) is 0 Å². The van der Waals surface area contributed by atoms with Crippen molar-refractivity contribution in [1.82, 2.24) is 39.7 Å². The molecule has 5 heterocycles. The first-order valence-corrected chi connectivity index (χ1v) is 16.0. The van der Waals surface area contributed by atoms with Gasteiger partial charge < -0.3 is 15.0 Å². The van der Waals surface area contributed by atoms with E-state index < -0.39 is 0 Å². The van der Waals surface area contributed by atoms with Gasteiger partial charge in [-0.25, -0.2) is 9.97 Å². The van der Waals surface area contributed by atoms with Crippen LogP contribution in [0.1, 0.15) is 25.3 Å². The van der Waals surface area contributed by atoms with Gasteiger partial charge in [0.15, 0.2) is 5.82 Å². The van der Waals surface area contributed by atoms with E-state index in [-0.39, 0.29) is 17.7 Å². The molecule has 47 heavy (non-hydrogen) atoms. The van der Waals surface area contributed by atoms with Crippen LogP contribution in [0.4, 0.5) is 5.69 Å².